The molecule has 2 aliphatic rings. The number of rotatable bonds is 2. The molecule has 0 amide bonds. The van der Waals surface area contributed by atoms with Gasteiger partial charge in [0, 0.05) is 19.7 Å². The highest BCUT2D eigenvalue weighted by atomic mass is 16.3. The quantitative estimate of drug-likeness (QED) is 0.593. The first kappa shape index (κ1) is 6.62. The van der Waals surface area contributed by atoms with E-state index in [1.165, 1.54) is 13.1 Å². The molecule has 2 rings (SSSR count). The Hall–Kier alpha value is -0.0800. The Morgan fingerprint density at radius 2 is 2.00 bits per heavy atom. The number of hydrogen-bond acceptors (Lipinski definition) is 2. The molecule has 2 heteroatoms. The second-order valence-electron chi connectivity index (χ2n) is 3.73. The van der Waals surface area contributed by atoms with E-state index < -0.39 is 0 Å². The van der Waals surface area contributed by atoms with E-state index in [0.29, 0.717) is 6.61 Å². The number of aliphatic hydroxyl groups excluding tert-OH is 1. The van der Waals surface area contributed by atoms with Crippen LogP contribution in [-0.2, 0) is 0 Å². The lowest BCUT2D eigenvalue weighted by Gasteiger charge is -2.11. The molecule has 0 spiro atoms. The molecule has 0 radical (unpaired) electrons. The summed E-state index contributed by atoms with van der Waals surface area (Å²) in [5.41, 5.74) is 0. The first-order valence-corrected chi connectivity index (χ1v) is 4.12. The number of aliphatic hydroxyl groups is 1. The minimum absolute atomic E-state index is 0.390. The smallest absolute Gasteiger partial charge is 0.0433 e. The maximum absolute atomic E-state index is 8.68. The van der Waals surface area contributed by atoms with Crippen LogP contribution >= 0.6 is 0 Å². The van der Waals surface area contributed by atoms with Gasteiger partial charge in [0.05, 0.1) is 0 Å². The van der Waals surface area contributed by atoms with Crippen molar-refractivity contribution in [3.63, 3.8) is 0 Å². The van der Waals surface area contributed by atoms with Crippen molar-refractivity contribution in [2.24, 2.45) is 17.8 Å². The molecule has 0 bridgehead atoms. The van der Waals surface area contributed by atoms with E-state index >= 15 is 0 Å². The van der Waals surface area contributed by atoms with Crippen molar-refractivity contribution in [3.8, 4) is 0 Å². The average molecular weight is 141 g/mol. The summed E-state index contributed by atoms with van der Waals surface area (Å²) in [6.07, 6.45) is 1.04. The zero-order chi connectivity index (χ0) is 7.14. The summed E-state index contributed by atoms with van der Waals surface area (Å²) in [6.45, 7) is 2.94. The van der Waals surface area contributed by atoms with E-state index in [1.54, 1.807) is 0 Å². The average Bonchev–Trinajstić information content (AvgIpc) is 2.43. The van der Waals surface area contributed by atoms with Crippen molar-refractivity contribution in [1.29, 1.82) is 0 Å². The third-order valence-electron chi connectivity index (χ3n) is 3.02. The van der Waals surface area contributed by atoms with E-state index in [-0.39, 0.29) is 0 Å². The molecule has 58 valence electrons. The second-order valence-corrected chi connectivity index (χ2v) is 3.73. The van der Waals surface area contributed by atoms with Gasteiger partial charge in [0.25, 0.3) is 0 Å². The highest BCUT2D eigenvalue weighted by Crippen LogP contribution is 2.52. The van der Waals surface area contributed by atoms with Gasteiger partial charge < -0.3 is 10.0 Å². The monoisotopic (exact) mass is 141 g/mol. The van der Waals surface area contributed by atoms with Crippen molar-refractivity contribution in [1.82, 2.24) is 4.90 Å². The summed E-state index contributed by atoms with van der Waals surface area (Å²) in [5, 5.41) is 8.68. The molecular formula is C8H15NO. The standard InChI is InChI=1S/C8H15NO/c1-9-4-7-6(2-3-10)8(7)5-9/h6-8,10H,2-5H2,1H3/t6?,7-,8+. The van der Waals surface area contributed by atoms with E-state index in [2.05, 4.69) is 11.9 Å². The summed E-state index contributed by atoms with van der Waals surface area (Å²) in [6, 6.07) is 0. The van der Waals surface area contributed by atoms with Crippen molar-refractivity contribution in [2.45, 2.75) is 6.42 Å². The van der Waals surface area contributed by atoms with Gasteiger partial charge in [0.2, 0.25) is 0 Å². The number of likely N-dealkylation sites (tertiary alicyclic amines) is 1. The Morgan fingerprint density at radius 3 is 2.50 bits per heavy atom. The van der Waals surface area contributed by atoms with Gasteiger partial charge in [0.15, 0.2) is 0 Å². The maximum atomic E-state index is 8.68. The maximum Gasteiger partial charge on any atom is 0.0433 e. The zero-order valence-corrected chi connectivity index (χ0v) is 6.45. The lowest BCUT2D eigenvalue weighted by Crippen LogP contribution is -2.19. The third kappa shape index (κ3) is 0.867. The van der Waals surface area contributed by atoms with Crippen molar-refractivity contribution in [3.05, 3.63) is 0 Å². The molecule has 1 N–H and O–H groups in total. The minimum atomic E-state index is 0.390. The van der Waals surface area contributed by atoms with E-state index in [0.717, 1.165) is 24.2 Å². The Morgan fingerprint density at radius 1 is 1.40 bits per heavy atom. The Kier molecular flexibility index (Phi) is 1.46. The van der Waals surface area contributed by atoms with E-state index in [4.69, 9.17) is 5.11 Å². The number of nitrogens with zero attached hydrogens (tertiary/aromatic N) is 1. The molecule has 2 fully saturated rings. The van der Waals surface area contributed by atoms with Gasteiger partial charge in [-0.05, 0) is 31.2 Å². The van der Waals surface area contributed by atoms with Crippen LogP contribution in [0.3, 0.4) is 0 Å². The van der Waals surface area contributed by atoms with Crippen LogP contribution in [-0.4, -0.2) is 36.8 Å². The van der Waals surface area contributed by atoms with Crippen LogP contribution in [0.15, 0.2) is 0 Å². The van der Waals surface area contributed by atoms with Crippen LogP contribution in [0.2, 0.25) is 0 Å². The molecule has 0 aromatic carbocycles. The number of fused-ring (bicyclic) bond motifs is 1. The molecular weight excluding hydrogens is 126 g/mol. The normalized spacial score (nSPS) is 45.6. The Labute approximate surface area is 61.8 Å². The molecule has 2 nitrogen and oxygen atoms in total. The predicted octanol–water partition coefficient (Wildman–Crippen LogP) is 0.176. The number of hydrogen-bond donors (Lipinski definition) is 1. The van der Waals surface area contributed by atoms with Gasteiger partial charge in [0.1, 0.15) is 0 Å². The fourth-order valence-corrected chi connectivity index (χ4v) is 2.44. The molecule has 10 heavy (non-hydrogen) atoms. The van der Waals surface area contributed by atoms with Crippen molar-refractivity contribution >= 4 is 0 Å². The predicted molar refractivity (Wildman–Crippen MR) is 39.7 cm³/mol. The molecule has 1 aliphatic carbocycles. The third-order valence-corrected chi connectivity index (χ3v) is 3.02. The summed E-state index contributed by atoms with van der Waals surface area (Å²) in [4.78, 5) is 2.39. The van der Waals surface area contributed by atoms with Crippen LogP contribution in [0.4, 0.5) is 0 Å². The minimum Gasteiger partial charge on any atom is -0.396 e. The molecule has 1 heterocycles. The summed E-state index contributed by atoms with van der Waals surface area (Å²) in [5.74, 6) is 2.76. The highest BCUT2D eigenvalue weighted by molar-refractivity contribution is 5.03. The molecule has 1 aliphatic heterocycles. The molecule has 1 unspecified atom stereocenters. The number of piperidine rings is 1. The molecule has 0 aromatic rings. The summed E-state index contributed by atoms with van der Waals surface area (Å²) >= 11 is 0. The van der Waals surface area contributed by atoms with Gasteiger partial charge >= 0.3 is 0 Å². The lowest BCUT2D eigenvalue weighted by molar-refractivity contribution is 0.258. The van der Waals surface area contributed by atoms with E-state index in [1.807, 2.05) is 0 Å². The molecule has 1 saturated carbocycles. The van der Waals surface area contributed by atoms with Crippen LogP contribution in [0, 0.1) is 17.8 Å². The topological polar surface area (TPSA) is 23.5 Å². The Balaban J connectivity index is 1.81. The van der Waals surface area contributed by atoms with Crippen molar-refractivity contribution < 1.29 is 5.11 Å². The lowest BCUT2D eigenvalue weighted by atomic mass is 10.2. The zero-order valence-electron chi connectivity index (χ0n) is 6.45. The molecule has 3 atom stereocenters. The van der Waals surface area contributed by atoms with Gasteiger partial charge in [-0.2, -0.15) is 0 Å². The largest absolute Gasteiger partial charge is 0.396 e. The van der Waals surface area contributed by atoms with Crippen LogP contribution in [0.5, 0.6) is 0 Å². The fourth-order valence-electron chi connectivity index (χ4n) is 2.44. The van der Waals surface area contributed by atoms with Crippen LogP contribution in [0.1, 0.15) is 6.42 Å². The van der Waals surface area contributed by atoms with Gasteiger partial charge in [-0.3, -0.25) is 0 Å². The SMILES string of the molecule is CN1C[C@@H]2C(CCO)[C@@H]2C1. The fraction of sp³-hybridized carbons (Fsp3) is 1.00. The first-order valence-electron chi connectivity index (χ1n) is 4.12. The van der Waals surface area contributed by atoms with Crippen LogP contribution in [0.25, 0.3) is 0 Å². The van der Waals surface area contributed by atoms with Gasteiger partial charge in [-0.25, -0.2) is 0 Å². The summed E-state index contributed by atoms with van der Waals surface area (Å²) in [7, 11) is 2.18. The Bertz CT molecular complexity index is 118. The summed E-state index contributed by atoms with van der Waals surface area (Å²) < 4.78 is 0. The highest BCUT2D eigenvalue weighted by Gasteiger charge is 2.53. The molecule has 0 aromatic heterocycles. The van der Waals surface area contributed by atoms with Gasteiger partial charge in [-0.15, -0.1) is 0 Å². The van der Waals surface area contributed by atoms with Crippen LogP contribution < -0.4 is 0 Å². The first-order chi connectivity index (χ1) is 4.83. The van der Waals surface area contributed by atoms with E-state index in [9.17, 15) is 0 Å². The molecule has 1 saturated heterocycles. The van der Waals surface area contributed by atoms with Gasteiger partial charge in [-0.1, -0.05) is 0 Å². The second kappa shape index (κ2) is 2.21. The van der Waals surface area contributed by atoms with Crippen molar-refractivity contribution in [2.75, 3.05) is 26.7 Å².